The van der Waals surface area contributed by atoms with Crippen molar-refractivity contribution in [2.45, 2.75) is 44.8 Å². The zero-order valence-corrected chi connectivity index (χ0v) is 14.1. The van der Waals surface area contributed by atoms with Crippen LogP contribution in [0.5, 0.6) is 0 Å². The molecule has 0 aromatic carbocycles. The van der Waals surface area contributed by atoms with E-state index in [1.807, 2.05) is 0 Å². The lowest BCUT2D eigenvalue weighted by Gasteiger charge is -2.30. The number of halogens is 4. The third-order valence-electron chi connectivity index (χ3n) is 3.89. The SMILES string of the molecule is C[C@H]1CCCC[C@@H]1NC(=S)NNc1ncc(C(F)(F)F)cc1Cl. The van der Waals surface area contributed by atoms with E-state index >= 15 is 0 Å². The second-order valence-electron chi connectivity index (χ2n) is 5.64. The van der Waals surface area contributed by atoms with E-state index in [4.69, 9.17) is 23.8 Å². The minimum atomic E-state index is -4.48. The minimum absolute atomic E-state index is 0.0838. The van der Waals surface area contributed by atoms with Crippen LogP contribution in [-0.4, -0.2) is 16.1 Å². The maximum atomic E-state index is 12.5. The molecule has 1 heterocycles. The number of rotatable bonds is 3. The van der Waals surface area contributed by atoms with E-state index in [1.54, 1.807) is 0 Å². The Labute approximate surface area is 143 Å². The van der Waals surface area contributed by atoms with Crippen LogP contribution in [0.2, 0.25) is 5.02 Å². The molecule has 0 unspecified atom stereocenters. The van der Waals surface area contributed by atoms with Crippen LogP contribution in [0.1, 0.15) is 38.2 Å². The van der Waals surface area contributed by atoms with E-state index in [9.17, 15) is 13.2 Å². The maximum absolute atomic E-state index is 12.5. The summed E-state index contributed by atoms with van der Waals surface area (Å²) >= 11 is 11.0. The minimum Gasteiger partial charge on any atom is -0.358 e. The molecule has 1 saturated carbocycles. The topological polar surface area (TPSA) is 49.0 Å². The van der Waals surface area contributed by atoms with Crippen molar-refractivity contribution in [3.63, 3.8) is 0 Å². The quantitative estimate of drug-likeness (QED) is 0.555. The van der Waals surface area contributed by atoms with Crippen LogP contribution in [0.4, 0.5) is 19.0 Å². The van der Waals surface area contributed by atoms with Gasteiger partial charge in [0.1, 0.15) is 0 Å². The summed E-state index contributed by atoms with van der Waals surface area (Å²) in [6, 6.07) is 1.11. The summed E-state index contributed by atoms with van der Waals surface area (Å²) in [5.74, 6) is 0.608. The highest BCUT2D eigenvalue weighted by Crippen LogP contribution is 2.32. The van der Waals surface area contributed by atoms with Gasteiger partial charge in [-0.2, -0.15) is 13.2 Å². The first kappa shape index (κ1) is 18.1. The van der Waals surface area contributed by atoms with Crippen molar-refractivity contribution in [3.05, 3.63) is 22.8 Å². The van der Waals surface area contributed by atoms with Crippen LogP contribution < -0.4 is 16.2 Å². The molecule has 0 spiro atoms. The predicted molar refractivity (Wildman–Crippen MR) is 88.2 cm³/mol. The van der Waals surface area contributed by atoms with Crippen molar-refractivity contribution in [3.8, 4) is 0 Å². The first-order chi connectivity index (χ1) is 10.8. The fourth-order valence-electron chi connectivity index (χ4n) is 2.54. The highest BCUT2D eigenvalue weighted by atomic mass is 35.5. The molecule has 128 valence electrons. The molecule has 0 amide bonds. The number of hydrazine groups is 1. The number of thiocarbonyl (C=S) groups is 1. The van der Waals surface area contributed by atoms with Gasteiger partial charge in [0.15, 0.2) is 10.9 Å². The van der Waals surface area contributed by atoms with E-state index in [2.05, 4.69) is 28.1 Å². The number of anilines is 1. The van der Waals surface area contributed by atoms with E-state index in [-0.39, 0.29) is 10.8 Å². The monoisotopic (exact) mass is 366 g/mol. The smallest absolute Gasteiger partial charge is 0.358 e. The van der Waals surface area contributed by atoms with Gasteiger partial charge in [0.25, 0.3) is 0 Å². The third kappa shape index (κ3) is 5.10. The Hall–Kier alpha value is -1.28. The third-order valence-corrected chi connectivity index (χ3v) is 4.40. The van der Waals surface area contributed by atoms with E-state index in [0.29, 0.717) is 17.1 Å². The van der Waals surface area contributed by atoms with Gasteiger partial charge in [0, 0.05) is 12.2 Å². The molecule has 2 rings (SSSR count). The Bertz CT molecular complexity index is 567. The molecule has 0 saturated heterocycles. The molecule has 1 aliphatic carbocycles. The van der Waals surface area contributed by atoms with Crippen LogP contribution >= 0.6 is 23.8 Å². The van der Waals surface area contributed by atoms with Gasteiger partial charge in [-0.15, -0.1) is 0 Å². The van der Waals surface area contributed by atoms with Crippen molar-refractivity contribution < 1.29 is 13.2 Å². The van der Waals surface area contributed by atoms with E-state index in [0.717, 1.165) is 31.5 Å². The molecular weight excluding hydrogens is 349 g/mol. The molecule has 23 heavy (non-hydrogen) atoms. The van der Waals surface area contributed by atoms with Crippen LogP contribution in [0.25, 0.3) is 0 Å². The summed E-state index contributed by atoms with van der Waals surface area (Å²) in [5, 5.41) is 3.43. The summed E-state index contributed by atoms with van der Waals surface area (Å²) in [6.07, 6.45) is 0.821. The largest absolute Gasteiger partial charge is 0.417 e. The van der Waals surface area contributed by atoms with Crippen LogP contribution in [0.15, 0.2) is 12.3 Å². The Balaban J connectivity index is 1.89. The van der Waals surface area contributed by atoms with Gasteiger partial charge in [0.05, 0.1) is 10.6 Å². The van der Waals surface area contributed by atoms with Crippen LogP contribution in [0, 0.1) is 5.92 Å². The van der Waals surface area contributed by atoms with Crippen molar-refractivity contribution in [1.82, 2.24) is 15.7 Å². The number of aromatic nitrogens is 1. The van der Waals surface area contributed by atoms with Crippen molar-refractivity contribution in [2.75, 3.05) is 5.43 Å². The zero-order valence-electron chi connectivity index (χ0n) is 12.5. The van der Waals surface area contributed by atoms with Gasteiger partial charge in [-0.3, -0.25) is 10.9 Å². The Morgan fingerprint density at radius 2 is 2.04 bits per heavy atom. The van der Waals surface area contributed by atoms with Crippen molar-refractivity contribution >= 4 is 34.7 Å². The summed E-state index contributed by atoms with van der Waals surface area (Å²) in [4.78, 5) is 3.67. The highest BCUT2D eigenvalue weighted by molar-refractivity contribution is 7.80. The van der Waals surface area contributed by atoms with Gasteiger partial charge >= 0.3 is 6.18 Å². The first-order valence-corrected chi connectivity index (χ1v) is 8.11. The molecule has 3 N–H and O–H groups in total. The number of alkyl halides is 3. The summed E-state index contributed by atoms with van der Waals surface area (Å²) in [6.45, 7) is 2.17. The predicted octanol–water partition coefficient (Wildman–Crippen LogP) is 4.12. The molecule has 0 radical (unpaired) electrons. The second kappa shape index (κ2) is 7.53. The highest BCUT2D eigenvalue weighted by Gasteiger charge is 2.31. The Kier molecular flexibility index (Phi) is 5.91. The number of hydrogen-bond donors (Lipinski definition) is 3. The van der Waals surface area contributed by atoms with Crippen LogP contribution in [0.3, 0.4) is 0 Å². The lowest BCUT2D eigenvalue weighted by Crippen LogP contribution is -2.47. The number of hydrogen-bond acceptors (Lipinski definition) is 3. The summed E-state index contributed by atoms with van der Waals surface area (Å²) < 4.78 is 37.6. The average Bonchev–Trinajstić information content (AvgIpc) is 2.47. The van der Waals surface area contributed by atoms with E-state index < -0.39 is 11.7 Å². The summed E-state index contributed by atoms with van der Waals surface area (Å²) in [5.41, 5.74) is 4.44. The average molecular weight is 367 g/mol. The fraction of sp³-hybridized carbons (Fsp3) is 0.571. The Morgan fingerprint density at radius 3 is 2.65 bits per heavy atom. The molecular formula is C14H18ClF3N4S. The lowest BCUT2D eigenvalue weighted by atomic mass is 9.86. The zero-order chi connectivity index (χ0) is 17.0. The van der Waals surface area contributed by atoms with Crippen LogP contribution in [-0.2, 0) is 6.18 Å². The molecule has 1 aromatic heterocycles. The molecule has 0 bridgehead atoms. The van der Waals surface area contributed by atoms with Crippen molar-refractivity contribution in [2.24, 2.45) is 5.92 Å². The number of pyridine rings is 1. The normalized spacial score (nSPS) is 21.6. The number of nitrogens with one attached hydrogen (secondary N) is 3. The number of nitrogens with zero attached hydrogens (tertiary/aromatic N) is 1. The lowest BCUT2D eigenvalue weighted by molar-refractivity contribution is -0.137. The van der Waals surface area contributed by atoms with Gasteiger partial charge in [0.2, 0.25) is 0 Å². The molecule has 1 fully saturated rings. The maximum Gasteiger partial charge on any atom is 0.417 e. The van der Waals surface area contributed by atoms with Gasteiger partial charge < -0.3 is 5.32 Å². The fourth-order valence-corrected chi connectivity index (χ4v) is 2.95. The summed E-state index contributed by atoms with van der Waals surface area (Å²) in [7, 11) is 0. The molecule has 1 aromatic rings. The molecule has 1 aliphatic rings. The van der Waals surface area contributed by atoms with Gasteiger partial charge in [-0.05, 0) is 37.0 Å². The molecule has 4 nitrogen and oxygen atoms in total. The first-order valence-electron chi connectivity index (χ1n) is 7.32. The molecule has 0 aliphatic heterocycles. The van der Waals surface area contributed by atoms with Crippen molar-refractivity contribution in [1.29, 1.82) is 0 Å². The van der Waals surface area contributed by atoms with Gasteiger partial charge in [-0.25, -0.2) is 4.98 Å². The van der Waals surface area contributed by atoms with E-state index in [1.165, 1.54) is 6.42 Å². The van der Waals surface area contributed by atoms with Gasteiger partial charge in [-0.1, -0.05) is 31.4 Å². The second-order valence-corrected chi connectivity index (χ2v) is 6.46. The standard InChI is InChI=1S/C14H18ClF3N4S/c1-8-4-2-3-5-11(8)20-13(23)22-21-12-10(15)6-9(7-19-12)14(16,17)18/h6-8,11H,2-5H2,1H3,(H,19,21)(H2,20,22,23)/t8-,11-/m0/s1. The Morgan fingerprint density at radius 1 is 1.35 bits per heavy atom. The molecule has 9 heteroatoms. The molecule has 2 atom stereocenters.